The zero-order chi connectivity index (χ0) is 18.8. The van der Waals surface area contributed by atoms with Crippen molar-refractivity contribution >= 4 is 28.6 Å². The standard InChI is InChI=1S/C20H21N3O3S/c1-13-10-23(11-14(2)25-13)19(24)18-16(12-27-20-21-8-5-9-22-20)15-6-3-4-7-17(15)26-18/h3-9,13-14H,10-12H2,1-2H3/t13-,14-/m0/s1. The lowest BCUT2D eigenvalue weighted by molar-refractivity contribution is -0.0592. The first kappa shape index (κ1) is 18.0. The van der Waals surface area contributed by atoms with Crippen molar-refractivity contribution in [1.82, 2.24) is 14.9 Å². The molecule has 3 heterocycles. The Bertz CT molecular complexity index is 934. The van der Waals surface area contributed by atoms with Crippen molar-refractivity contribution in [2.45, 2.75) is 37.0 Å². The molecule has 1 saturated heterocycles. The topological polar surface area (TPSA) is 68.5 Å². The summed E-state index contributed by atoms with van der Waals surface area (Å²) in [7, 11) is 0. The summed E-state index contributed by atoms with van der Waals surface area (Å²) in [5, 5.41) is 1.63. The van der Waals surface area contributed by atoms with Gasteiger partial charge in [0.1, 0.15) is 5.58 Å². The van der Waals surface area contributed by atoms with E-state index in [1.165, 1.54) is 11.8 Å². The molecule has 1 aromatic carbocycles. The highest BCUT2D eigenvalue weighted by Gasteiger charge is 2.30. The SMILES string of the molecule is C[C@H]1CN(C(=O)c2oc3ccccc3c2CSc2ncccn2)C[C@H](C)O1. The number of carbonyl (C=O) groups excluding carboxylic acids is 1. The summed E-state index contributed by atoms with van der Waals surface area (Å²) in [6.07, 6.45) is 3.45. The number of fused-ring (bicyclic) bond motifs is 1. The first-order valence-electron chi connectivity index (χ1n) is 8.97. The molecule has 1 aliphatic heterocycles. The van der Waals surface area contributed by atoms with E-state index in [4.69, 9.17) is 9.15 Å². The van der Waals surface area contributed by atoms with Gasteiger partial charge in [-0.1, -0.05) is 30.0 Å². The maximum absolute atomic E-state index is 13.2. The van der Waals surface area contributed by atoms with Crippen molar-refractivity contribution in [3.63, 3.8) is 0 Å². The second-order valence-electron chi connectivity index (χ2n) is 6.69. The molecule has 1 amide bonds. The number of rotatable bonds is 4. The van der Waals surface area contributed by atoms with E-state index in [0.29, 0.717) is 29.8 Å². The van der Waals surface area contributed by atoms with Crippen LogP contribution in [-0.4, -0.2) is 46.1 Å². The summed E-state index contributed by atoms with van der Waals surface area (Å²) in [5.41, 5.74) is 1.61. The van der Waals surface area contributed by atoms with E-state index >= 15 is 0 Å². The number of hydrogen-bond acceptors (Lipinski definition) is 6. The minimum Gasteiger partial charge on any atom is -0.451 e. The average Bonchev–Trinajstić information content (AvgIpc) is 3.04. The number of carbonyl (C=O) groups is 1. The number of ether oxygens (including phenoxy) is 1. The molecule has 2 atom stereocenters. The van der Waals surface area contributed by atoms with E-state index in [0.717, 1.165) is 16.5 Å². The summed E-state index contributed by atoms with van der Waals surface area (Å²) in [4.78, 5) is 23.6. The molecule has 3 aromatic rings. The molecule has 1 aliphatic rings. The molecule has 27 heavy (non-hydrogen) atoms. The number of thioether (sulfide) groups is 1. The third-order valence-corrected chi connectivity index (χ3v) is 5.39. The van der Waals surface area contributed by atoms with Crippen LogP contribution in [0.4, 0.5) is 0 Å². The molecule has 1 fully saturated rings. The molecule has 0 spiro atoms. The van der Waals surface area contributed by atoms with Gasteiger partial charge in [-0.25, -0.2) is 9.97 Å². The highest BCUT2D eigenvalue weighted by molar-refractivity contribution is 7.98. The van der Waals surface area contributed by atoms with Crippen LogP contribution in [0.5, 0.6) is 0 Å². The zero-order valence-electron chi connectivity index (χ0n) is 15.3. The lowest BCUT2D eigenvalue weighted by Gasteiger charge is -2.34. The van der Waals surface area contributed by atoms with Crippen molar-refractivity contribution in [3.8, 4) is 0 Å². The Morgan fingerprint density at radius 1 is 1.15 bits per heavy atom. The van der Waals surface area contributed by atoms with Crippen LogP contribution < -0.4 is 0 Å². The first-order valence-corrected chi connectivity index (χ1v) is 9.95. The monoisotopic (exact) mass is 383 g/mol. The van der Waals surface area contributed by atoms with Gasteiger partial charge in [0, 0.05) is 42.2 Å². The molecule has 2 aromatic heterocycles. The molecule has 0 saturated carbocycles. The number of amides is 1. The Hall–Kier alpha value is -2.38. The highest BCUT2D eigenvalue weighted by Crippen LogP contribution is 2.32. The van der Waals surface area contributed by atoms with Crippen LogP contribution in [0.1, 0.15) is 30.0 Å². The Morgan fingerprint density at radius 3 is 2.59 bits per heavy atom. The van der Waals surface area contributed by atoms with Gasteiger partial charge in [0.2, 0.25) is 0 Å². The maximum Gasteiger partial charge on any atom is 0.290 e. The molecule has 0 radical (unpaired) electrons. The van der Waals surface area contributed by atoms with Crippen LogP contribution in [-0.2, 0) is 10.5 Å². The summed E-state index contributed by atoms with van der Waals surface area (Å²) in [5.74, 6) is 0.885. The Kier molecular flexibility index (Phi) is 5.13. The van der Waals surface area contributed by atoms with Gasteiger partial charge in [0.25, 0.3) is 5.91 Å². The van der Waals surface area contributed by atoms with Crippen LogP contribution >= 0.6 is 11.8 Å². The molecule has 4 rings (SSSR count). The fraction of sp³-hybridized carbons (Fsp3) is 0.350. The first-order chi connectivity index (χ1) is 13.1. The molecule has 7 heteroatoms. The van der Waals surface area contributed by atoms with Crippen LogP contribution in [0.15, 0.2) is 52.3 Å². The minimum atomic E-state index is -0.0854. The van der Waals surface area contributed by atoms with Crippen molar-refractivity contribution in [2.75, 3.05) is 13.1 Å². The largest absolute Gasteiger partial charge is 0.451 e. The number of nitrogens with zero attached hydrogens (tertiary/aromatic N) is 3. The third kappa shape index (κ3) is 3.84. The number of morpholine rings is 1. The fourth-order valence-corrected chi connectivity index (χ4v) is 4.23. The van der Waals surface area contributed by atoms with E-state index in [1.54, 1.807) is 18.5 Å². The quantitative estimate of drug-likeness (QED) is 0.505. The number of benzene rings is 1. The lowest BCUT2D eigenvalue weighted by atomic mass is 10.1. The molecular formula is C20H21N3O3S. The van der Waals surface area contributed by atoms with Crippen molar-refractivity contribution in [1.29, 1.82) is 0 Å². The van der Waals surface area contributed by atoms with Gasteiger partial charge in [0.15, 0.2) is 10.9 Å². The van der Waals surface area contributed by atoms with Gasteiger partial charge in [-0.15, -0.1) is 0 Å². The minimum absolute atomic E-state index is 0.0117. The second kappa shape index (κ2) is 7.70. The molecule has 140 valence electrons. The Morgan fingerprint density at radius 2 is 1.85 bits per heavy atom. The van der Waals surface area contributed by atoms with Crippen LogP contribution in [0.2, 0.25) is 0 Å². The smallest absolute Gasteiger partial charge is 0.290 e. The highest BCUT2D eigenvalue weighted by atomic mass is 32.2. The van der Waals surface area contributed by atoms with Gasteiger partial charge >= 0.3 is 0 Å². The fourth-order valence-electron chi connectivity index (χ4n) is 3.40. The van der Waals surface area contributed by atoms with Gasteiger partial charge in [0.05, 0.1) is 12.2 Å². The zero-order valence-corrected chi connectivity index (χ0v) is 16.1. The average molecular weight is 383 g/mol. The summed E-state index contributed by atoms with van der Waals surface area (Å²) in [6, 6.07) is 9.53. The van der Waals surface area contributed by atoms with E-state index in [9.17, 15) is 4.79 Å². The van der Waals surface area contributed by atoms with Gasteiger partial charge in [-0.05, 0) is 26.0 Å². The van der Waals surface area contributed by atoms with E-state index in [-0.39, 0.29) is 18.1 Å². The van der Waals surface area contributed by atoms with E-state index in [2.05, 4.69) is 9.97 Å². The molecule has 0 bridgehead atoms. The van der Waals surface area contributed by atoms with Gasteiger partial charge in [-0.2, -0.15) is 0 Å². The molecule has 6 nitrogen and oxygen atoms in total. The van der Waals surface area contributed by atoms with Gasteiger partial charge in [-0.3, -0.25) is 4.79 Å². The van der Waals surface area contributed by atoms with Crippen molar-refractivity contribution < 1.29 is 13.9 Å². The predicted octanol–water partition coefficient (Wildman–Crippen LogP) is 3.76. The van der Waals surface area contributed by atoms with E-state index < -0.39 is 0 Å². The summed E-state index contributed by atoms with van der Waals surface area (Å²) in [6.45, 7) is 5.10. The van der Waals surface area contributed by atoms with Crippen LogP contribution in [0, 0.1) is 0 Å². The summed E-state index contributed by atoms with van der Waals surface area (Å²) >= 11 is 1.49. The molecular weight excluding hydrogens is 362 g/mol. The number of aromatic nitrogens is 2. The predicted molar refractivity (Wildman–Crippen MR) is 104 cm³/mol. The van der Waals surface area contributed by atoms with Crippen molar-refractivity contribution in [3.05, 3.63) is 54.0 Å². The normalized spacial score (nSPS) is 20.1. The number of para-hydroxylation sites is 1. The third-order valence-electron chi connectivity index (χ3n) is 4.49. The second-order valence-corrected chi connectivity index (χ2v) is 7.64. The van der Waals surface area contributed by atoms with Gasteiger partial charge < -0.3 is 14.1 Å². The number of furan rings is 1. The summed E-state index contributed by atoms with van der Waals surface area (Å²) < 4.78 is 11.7. The maximum atomic E-state index is 13.2. The number of hydrogen-bond donors (Lipinski definition) is 0. The Labute approximate surface area is 161 Å². The molecule has 0 unspecified atom stereocenters. The van der Waals surface area contributed by atoms with Crippen LogP contribution in [0.25, 0.3) is 11.0 Å². The Balaban J connectivity index is 1.66. The molecule has 0 N–H and O–H groups in total. The molecule has 0 aliphatic carbocycles. The van der Waals surface area contributed by atoms with Crippen LogP contribution in [0.3, 0.4) is 0 Å². The van der Waals surface area contributed by atoms with Crippen molar-refractivity contribution in [2.24, 2.45) is 0 Å². The van der Waals surface area contributed by atoms with E-state index in [1.807, 2.05) is 43.0 Å². The lowest BCUT2D eigenvalue weighted by Crippen LogP contribution is -2.48.